The summed E-state index contributed by atoms with van der Waals surface area (Å²) in [4.78, 5) is 20.7. The standard InChI is InChI=1S/C23H25FN6O5S2/c1-36(32,33)30-11-9-16(10-12-30)21(31)15-5-7-17(8-6-15)27-22-20(24)14-26-23(29-22)28-18-3-2-4-19(13-18)37(25,34)35/h2-8,13-14,16H,9-12H2,1H3,(H2,25,34,35)(H2,26,27,28,29). The normalized spacial score (nSPS) is 15.3. The highest BCUT2D eigenvalue weighted by molar-refractivity contribution is 7.89. The Hall–Kier alpha value is -3.46. The van der Waals surface area contributed by atoms with E-state index in [2.05, 4.69) is 20.6 Å². The molecule has 11 nitrogen and oxygen atoms in total. The molecule has 0 bridgehead atoms. The van der Waals surface area contributed by atoms with Crippen LogP contribution in [0.15, 0.2) is 59.6 Å². The zero-order chi connectivity index (χ0) is 26.8. The Bertz CT molecular complexity index is 1520. The number of sulfonamides is 2. The maximum absolute atomic E-state index is 14.4. The molecule has 0 spiro atoms. The molecule has 0 radical (unpaired) electrons. The Kier molecular flexibility index (Phi) is 7.54. The van der Waals surface area contributed by atoms with Gasteiger partial charge in [-0.1, -0.05) is 6.07 Å². The maximum atomic E-state index is 14.4. The molecule has 1 aliphatic rings. The van der Waals surface area contributed by atoms with E-state index in [-0.39, 0.29) is 28.4 Å². The van der Waals surface area contributed by atoms with Gasteiger partial charge in [0.25, 0.3) is 0 Å². The highest BCUT2D eigenvalue weighted by Crippen LogP contribution is 2.25. The predicted octanol–water partition coefficient (Wildman–Crippen LogP) is 2.60. The number of primary sulfonamides is 1. The number of rotatable bonds is 8. The summed E-state index contributed by atoms with van der Waals surface area (Å²) in [6.07, 6.45) is 3.02. The zero-order valence-corrected chi connectivity index (χ0v) is 21.4. The van der Waals surface area contributed by atoms with Gasteiger partial charge in [-0.2, -0.15) is 4.98 Å². The van der Waals surface area contributed by atoms with Gasteiger partial charge >= 0.3 is 0 Å². The number of piperidine rings is 1. The molecule has 0 amide bonds. The van der Waals surface area contributed by atoms with E-state index in [4.69, 9.17) is 5.14 Å². The minimum atomic E-state index is -3.90. The minimum absolute atomic E-state index is 0.0164. The molecule has 0 unspecified atom stereocenters. The largest absolute Gasteiger partial charge is 0.338 e. The second-order valence-electron chi connectivity index (χ2n) is 8.59. The molecule has 0 atom stereocenters. The van der Waals surface area contributed by atoms with Crippen molar-refractivity contribution in [3.8, 4) is 0 Å². The number of nitrogens with one attached hydrogen (secondary N) is 2. The van der Waals surface area contributed by atoms with Crippen molar-refractivity contribution in [1.82, 2.24) is 14.3 Å². The number of nitrogens with two attached hydrogens (primary N) is 1. The van der Waals surface area contributed by atoms with Gasteiger partial charge in [0.15, 0.2) is 17.4 Å². The van der Waals surface area contributed by atoms with E-state index in [9.17, 15) is 26.0 Å². The van der Waals surface area contributed by atoms with Crippen LogP contribution in [0.3, 0.4) is 0 Å². The fourth-order valence-corrected chi connectivity index (χ4v) is 5.37. The quantitative estimate of drug-likeness (QED) is 0.359. The van der Waals surface area contributed by atoms with Crippen LogP contribution in [-0.2, 0) is 20.0 Å². The second kappa shape index (κ2) is 10.5. The van der Waals surface area contributed by atoms with Gasteiger partial charge in [-0.05, 0) is 55.3 Å². The van der Waals surface area contributed by atoms with Gasteiger partial charge in [0.1, 0.15) is 0 Å². The molecule has 14 heteroatoms. The van der Waals surface area contributed by atoms with E-state index < -0.39 is 25.9 Å². The van der Waals surface area contributed by atoms with E-state index in [1.165, 1.54) is 22.5 Å². The van der Waals surface area contributed by atoms with E-state index in [1.807, 2.05) is 0 Å². The van der Waals surface area contributed by atoms with Gasteiger partial charge in [0, 0.05) is 35.9 Å². The molecule has 4 N–H and O–H groups in total. The molecule has 1 aliphatic heterocycles. The van der Waals surface area contributed by atoms with Crippen molar-refractivity contribution in [3.63, 3.8) is 0 Å². The number of nitrogens with zero attached hydrogens (tertiary/aromatic N) is 3. The first-order valence-corrected chi connectivity index (χ1v) is 14.6. The Morgan fingerprint density at radius 2 is 1.70 bits per heavy atom. The molecule has 0 saturated carbocycles. The van der Waals surface area contributed by atoms with Crippen LogP contribution in [0.25, 0.3) is 0 Å². The third-order valence-electron chi connectivity index (χ3n) is 5.89. The Labute approximate surface area is 214 Å². The summed E-state index contributed by atoms with van der Waals surface area (Å²) >= 11 is 0. The monoisotopic (exact) mass is 548 g/mol. The number of hydrogen-bond donors (Lipinski definition) is 3. The van der Waals surface area contributed by atoms with Crippen molar-refractivity contribution in [1.29, 1.82) is 0 Å². The SMILES string of the molecule is CS(=O)(=O)N1CCC(C(=O)c2ccc(Nc3nc(Nc4cccc(S(N)(=O)=O)c4)ncc3F)cc2)CC1. The first-order chi connectivity index (χ1) is 17.4. The summed E-state index contributed by atoms with van der Waals surface area (Å²) in [6, 6.07) is 12.2. The lowest BCUT2D eigenvalue weighted by Gasteiger charge is -2.29. The molecular weight excluding hydrogens is 523 g/mol. The fourth-order valence-electron chi connectivity index (χ4n) is 3.93. The fraction of sp³-hybridized carbons (Fsp3) is 0.261. The Balaban J connectivity index is 1.43. The van der Waals surface area contributed by atoms with Crippen molar-refractivity contribution in [2.75, 3.05) is 30.0 Å². The number of Topliss-reactive ketones (excluding diaryl/α,β-unsaturated/α-hetero) is 1. The average molecular weight is 549 g/mol. The molecule has 1 aromatic heterocycles. The molecule has 1 saturated heterocycles. The van der Waals surface area contributed by atoms with Crippen molar-refractivity contribution in [2.45, 2.75) is 17.7 Å². The van der Waals surface area contributed by atoms with Crippen molar-refractivity contribution < 1.29 is 26.0 Å². The summed E-state index contributed by atoms with van der Waals surface area (Å²) in [5.74, 6) is -1.17. The number of anilines is 4. The first-order valence-electron chi connectivity index (χ1n) is 11.2. The lowest BCUT2D eigenvalue weighted by atomic mass is 9.89. The maximum Gasteiger partial charge on any atom is 0.238 e. The van der Waals surface area contributed by atoms with Crippen LogP contribution in [-0.4, -0.2) is 56.2 Å². The summed E-state index contributed by atoms with van der Waals surface area (Å²) in [6.45, 7) is 0.620. The van der Waals surface area contributed by atoms with Crippen LogP contribution >= 0.6 is 0 Å². The number of aromatic nitrogens is 2. The van der Waals surface area contributed by atoms with Crippen LogP contribution in [0.2, 0.25) is 0 Å². The van der Waals surface area contributed by atoms with Crippen molar-refractivity contribution >= 4 is 49.0 Å². The van der Waals surface area contributed by atoms with Gasteiger partial charge in [-0.25, -0.2) is 35.7 Å². The number of ketones is 1. The first kappa shape index (κ1) is 26.6. The lowest BCUT2D eigenvalue weighted by Crippen LogP contribution is -2.39. The topological polar surface area (TPSA) is 164 Å². The summed E-state index contributed by atoms with van der Waals surface area (Å²) < 4.78 is 62.2. The third-order valence-corrected chi connectivity index (χ3v) is 8.10. The number of carbonyl (C=O) groups excluding carboxylic acids is 1. The van der Waals surface area contributed by atoms with Gasteiger partial charge in [-0.3, -0.25) is 4.79 Å². The minimum Gasteiger partial charge on any atom is -0.338 e. The molecule has 1 fully saturated rings. The van der Waals surface area contributed by atoms with Gasteiger partial charge in [0.05, 0.1) is 17.3 Å². The average Bonchev–Trinajstić information content (AvgIpc) is 2.85. The molecule has 3 aromatic rings. The molecule has 0 aliphatic carbocycles. The molecule has 196 valence electrons. The van der Waals surface area contributed by atoms with Gasteiger partial charge in [-0.15, -0.1) is 0 Å². The second-order valence-corrected chi connectivity index (χ2v) is 12.1. The van der Waals surface area contributed by atoms with Crippen LogP contribution in [0.5, 0.6) is 0 Å². The van der Waals surface area contributed by atoms with Crippen LogP contribution < -0.4 is 15.8 Å². The van der Waals surface area contributed by atoms with Gasteiger partial charge in [0.2, 0.25) is 26.0 Å². The summed E-state index contributed by atoms with van der Waals surface area (Å²) in [5.41, 5.74) is 1.29. The van der Waals surface area contributed by atoms with E-state index in [1.54, 1.807) is 30.3 Å². The van der Waals surface area contributed by atoms with Gasteiger partial charge < -0.3 is 10.6 Å². The number of hydrogen-bond acceptors (Lipinski definition) is 9. The highest BCUT2D eigenvalue weighted by atomic mass is 32.2. The summed E-state index contributed by atoms with van der Waals surface area (Å²) in [5, 5.41) is 10.8. The summed E-state index contributed by atoms with van der Waals surface area (Å²) in [7, 11) is -7.17. The Morgan fingerprint density at radius 3 is 2.32 bits per heavy atom. The smallest absolute Gasteiger partial charge is 0.238 e. The predicted molar refractivity (Wildman–Crippen MR) is 136 cm³/mol. The Morgan fingerprint density at radius 1 is 1.03 bits per heavy atom. The lowest BCUT2D eigenvalue weighted by molar-refractivity contribution is 0.0875. The molecule has 4 rings (SSSR count). The van der Waals surface area contributed by atoms with Crippen molar-refractivity contribution in [2.24, 2.45) is 11.1 Å². The molecule has 2 heterocycles. The van der Waals surface area contributed by atoms with Crippen LogP contribution in [0.4, 0.5) is 27.5 Å². The zero-order valence-electron chi connectivity index (χ0n) is 19.8. The van der Waals surface area contributed by atoms with Crippen LogP contribution in [0.1, 0.15) is 23.2 Å². The molecule has 37 heavy (non-hydrogen) atoms. The van der Waals surface area contributed by atoms with Crippen molar-refractivity contribution in [3.05, 3.63) is 66.1 Å². The number of halogens is 1. The molecular formula is C23H25FN6O5S2. The number of carbonyl (C=O) groups is 1. The third kappa shape index (κ3) is 6.65. The van der Waals surface area contributed by atoms with Crippen LogP contribution in [0, 0.1) is 11.7 Å². The molecule has 2 aromatic carbocycles. The van der Waals surface area contributed by atoms with E-state index in [0.29, 0.717) is 42.9 Å². The highest BCUT2D eigenvalue weighted by Gasteiger charge is 2.29. The van der Waals surface area contributed by atoms with E-state index >= 15 is 0 Å². The van der Waals surface area contributed by atoms with E-state index in [0.717, 1.165) is 12.5 Å². The number of benzene rings is 2.